The van der Waals surface area contributed by atoms with Gasteiger partial charge in [-0.3, -0.25) is 0 Å². The highest BCUT2D eigenvalue weighted by Crippen LogP contribution is 2.75. The van der Waals surface area contributed by atoms with Crippen LogP contribution in [0, 0.1) is 50.7 Å². The van der Waals surface area contributed by atoms with Gasteiger partial charge in [-0.25, -0.2) is 0 Å². The smallest absolute Gasteiger partial charge is 0.0761 e. The van der Waals surface area contributed by atoms with Crippen molar-refractivity contribution in [2.24, 2.45) is 50.7 Å². The van der Waals surface area contributed by atoms with Crippen molar-refractivity contribution in [2.75, 3.05) is 0 Å². The van der Waals surface area contributed by atoms with Crippen molar-refractivity contribution < 1.29 is 5.11 Å². The van der Waals surface area contributed by atoms with E-state index >= 15 is 0 Å². The Balaban J connectivity index is 1.60. The maximum atomic E-state index is 11.4. The van der Waals surface area contributed by atoms with Crippen molar-refractivity contribution in [1.29, 1.82) is 0 Å². The van der Waals surface area contributed by atoms with E-state index in [1.165, 1.54) is 63.4 Å². The Morgan fingerprint density at radius 2 is 1.55 bits per heavy atom. The largest absolute Gasteiger partial charge is 0.389 e. The number of rotatable bonds is 1. The van der Waals surface area contributed by atoms with E-state index in [0.717, 1.165) is 18.3 Å². The van der Waals surface area contributed by atoms with Crippen LogP contribution in [0.3, 0.4) is 0 Å². The molecule has 0 aromatic rings. The van der Waals surface area contributed by atoms with E-state index in [1.54, 1.807) is 5.57 Å². The van der Waals surface area contributed by atoms with Gasteiger partial charge in [-0.15, -0.1) is 0 Å². The lowest BCUT2D eigenvalue weighted by Gasteiger charge is -2.70. The fourth-order valence-electron chi connectivity index (χ4n) is 11.3. The van der Waals surface area contributed by atoms with Crippen LogP contribution in [-0.2, 0) is 0 Å². The van der Waals surface area contributed by atoms with E-state index in [-0.39, 0.29) is 16.9 Å². The molecule has 0 saturated heterocycles. The second-order valence-electron chi connectivity index (χ2n) is 14.7. The highest BCUT2D eigenvalue weighted by atomic mass is 16.3. The summed E-state index contributed by atoms with van der Waals surface area (Å²) in [5.74, 6) is 3.04. The maximum absolute atomic E-state index is 11.4. The molecule has 5 aliphatic carbocycles. The molecule has 0 aromatic carbocycles. The third-order valence-corrected chi connectivity index (χ3v) is 12.9. The van der Waals surface area contributed by atoms with Crippen LogP contribution < -0.4 is 0 Å². The average molecular weight is 427 g/mol. The second kappa shape index (κ2) is 6.64. The summed E-state index contributed by atoms with van der Waals surface area (Å²) in [5, 5.41) is 11.4. The highest BCUT2D eigenvalue weighted by molar-refractivity contribution is 5.41. The molecular formula is C30H50O. The zero-order chi connectivity index (χ0) is 22.6. The number of aliphatic hydroxyl groups excluding tert-OH is 1. The van der Waals surface area contributed by atoms with Gasteiger partial charge in [0.25, 0.3) is 0 Å². The predicted molar refractivity (Wildman–Crippen MR) is 131 cm³/mol. The molecule has 5 aliphatic rings. The minimum atomic E-state index is -0.187. The summed E-state index contributed by atoms with van der Waals surface area (Å²) in [7, 11) is 0. The van der Waals surface area contributed by atoms with Crippen molar-refractivity contribution in [1.82, 2.24) is 0 Å². The van der Waals surface area contributed by atoms with Gasteiger partial charge < -0.3 is 5.11 Å². The third-order valence-electron chi connectivity index (χ3n) is 12.9. The molecule has 176 valence electrons. The second-order valence-corrected chi connectivity index (χ2v) is 14.7. The number of hydrogen-bond donors (Lipinski definition) is 1. The molecule has 8 atom stereocenters. The van der Waals surface area contributed by atoms with Gasteiger partial charge in [0.05, 0.1) is 6.10 Å². The molecule has 8 unspecified atom stereocenters. The zero-order valence-corrected chi connectivity index (χ0v) is 21.9. The Bertz CT molecular complexity index is 790. The highest BCUT2D eigenvalue weighted by Gasteiger charge is 2.67. The van der Waals surface area contributed by atoms with E-state index in [1.807, 2.05) is 0 Å². The minimum Gasteiger partial charge on any atom is -0.389 e. The number of hydrogen-bond acceptors (Lipinski definition) is 1. The molecule has 0 aromatic heterocycles. The van der Waals surface area contributed by atoms with Crippen molar-refractivity contribution in [2.45, 2.75) is 126 Å². The first-order valence-electron chi connectivity index (χ1n) is 13.7. The Hall–Kier alpha value is -0.300. The van der Waals surface area contributed by atoms with Gasteiger partial charge in [-0.2, -0.15) is 0 Å². The molecule has 1 N–H and O–H groups in total. The molecule has 1 heteroatoms. The molecule has 0 spiro atoms. The van der Waals surface area contributed by atoms with Crippen LogP contribution in [0.5, 0.6) is 0 Å². The normalized spacial score (nSPS) is 53.6. The van der Waals surface area contributed by atoms with Gasteiger partial charge >= 0.3 is 0 Å². The van der Waals surface area contributed by atoms with Gasteiger partial charge in [0, 0.05) is 0 Å². The average Bonchev–Trinajstić information content (AvgIpc) is 2.93. The quantitative estimate of drug-likeness (QED) is 0.419. The molecule has 0 heterocycles. The van der Waals surface area contributed by atoms with Gasteiger partial charge in [-0.05, 0) is 114 Å². The minimum absolute atomic E-state index is 0.187. The van der Waals surface area contributed by atoms with Crippen LogP contribution in [0.4, 0.5) is 0 Å². The molecule has 4 fully saturated rings. The van der Waals surface area contributed by atoms with Crippen LogP contribution in [0.2, 0.25) is 0 Å². The lowest BCUT2D eigenvalue weighted by Crippen LogP contribution is -2.62. The topological polar surface area (TPSA) is 20.2 Å². The number of aliphatic hydroxyl groups is 1. The van der Waals surface area contributed by atoms with E-state index in [0.29, 0.717) is 28.1 Å². The van der Waals surface area contributed by atoms with Gasteiger partial charge in [0.2, 0.25) is 0 Å². The van der Waals surface area contributed by atoms with Crippen LogP contribution in [0.15, 0.2) is 11.1 Å². The van der Waals surface area contributed by atoms with E-state index in [9.17, 15) is 5.11 Å². The third kappa shape index (κ3) is 2.65. The maximum Gasteiger partial charge on any atom is 0.0761 e. The fourth-order valence-corrected chi connectivity index (χ4v) is 11.3. The lowest BCUT2D eigenvalue weighted by atomic mass is 9.34. The van der Waals surface area contributed by atoms with Gasteiger partial charge in [0.15, 0.2) is 0 Å². The zero-order valence-electron chi connectivity index (χ0n) is 21.9. The molecular weight excluding hydrogens is 376 g/mol. The summed E-state index contributed by atoms with van der Waals surface area (Å²) < 4.78 is 0. The Kier molecular flexibility index (Phi) is 4.82. The molecule has 0 radical (unpaired) electrons. The summed E-state index contributed by atoms with van der Waals surface area (Å²) in [5.41, 5.74) is 5.17. The predicted octanol–water partition coefficient (Wildman–Crippen LogP) is 8.17. The van der Waals surface area contributed by atoms with Crippen LogP contribution in [0.1, 0.15) is 120 Å². The summed E-state index contributed by atoms with van der Waals surface area (Å²) in [6, 6.07) is 0. The standard InChI is InChI=1S/C30H50O/c1-19(2)21-18-22(31)25-20-10-11-24-28(6)14-9-13-26(3,4)23(28)12-15-30(24,8)29(20,7)17-16-27(21,25)5/h19,21-24,31H,9-18H2,1-8H3. The summed E-state index contributed by atoms with van der Waals surface area (Å²) in [6.45, 7) is 20.5. The Morgan fingerprint density at radius 3 is 2.23 bits per heavy atom. The monoisotopic (exact) mass is 426 g/mol. The summed E-state index contributed by atoms with van der Waals surface area (Å²) in [4.78, 5) is 0. The molecule has 0 aliphatic heterocycles. The Morgan fingerprint density at radius 1 is 0.839 bits per heavy atom. The Labute approximate surface area is 192 Å². The molecule has 4 saturated carbocycles. The van der Waals surface area contributed by atoms with Crippen molar-refractivity contribution in [3.05, 3.63) is 11.1 Å². The first kappa shape index (κ1) is 22.5. The lowest BCUT2D eigenvalue weighted by molar-refractivity contribution is -0.180. The van der Waals surface area contributed by atoms with Crippen LogP contribution >= 0.6 is 0 Å². The van der Waals surface area contributed by atoms with Crippen molar-refractivity contribution in [3.8, 4) is 0 Å². The van der Waals surface area contributed by atoms with Crippen LogP contribution in [-0.4, -0.2) is 11.2 Å². The van der Waals surface area contributed by atoms with E-state index in [2.05, 4.69) is 55.4 Å². The first-order chi connectivity index (χ1) is 14.3. The number of fused-ring (bicyclic) bond motifs is 6. The summed E-state index contributed by atoms with van der Waals surface area (Å²) >= 11 is 0. The van der Waals surface area contributed by atoms with Crippen LogP contribution in [0.25, 0.3) is 0 Å². The number of allylic oxidation sites excluding steroid dienone is 1. The molecule has 0 bridgehead atoms. The molecule has 0 amide bonds. The molecule has 31 heavy (non-hydrogen) atoms. The van der Waals surface area contributed by atoms with E-state index < -0.39 is 0 Å². The fraction of sp³-hybridized carbons (Fsp3) is 0.933. The van der Waals surface area contributed by atoms with Crippen molar-refractivity contribution in [3.63, 3.8) is 0 Å². The molecule has 5 rings (SSSR count). The SMILES string of the molecule is CC(C)C1CC(O)C2=C3CCC4C5(C)CCCC(C)(C)C5CCC4(C)C3(C)CCC21C. The first-order valence-corrected chi connectivity index (χ1v) is 13.7. The summed E-state index contributed by atoms with van der Waals surface area (Å²) in [6.07, 6.45) is 13.2. The van der Waals surface area contributed by atoms with Gasteiger partial charge in [0.1, 0.15) is 0 Å². The van der Waals surface area contributed by atoms with E-state index in [4.69, 9.17) is 0 Å². The van der Waals surface area contributed by atoms with Crippen molar-refractivity contribution >= 4 is 0 Å². The molecule has 1 nitrogen and oxygen atoms in total. The van der Waals surface area contributed by atoms with Gasteiger partial charge in [-0.1, -0.05) is 67.4 Å².